The molecule has 0 aliphatic carbocycles. The number of benzene rings is 2. The van der Waals surface area contributed by atoms with Crippen LogP contribution in [-0.4, -0.2) is 81.0 Å². The molecule has 44 heavy (non-hydrogen) atoms. The molecule has 3 saturated heterocycles. The molecule has 1 spiro atoms. The van der Waals surface area contributed by atoms with Crippen LogP contribution in [0.25, 0.3) is 0 Å². The average Bonchev–Trinajstić information content (AvgIpc) is 3.68. The van der Waals surface area contributed by atoms with E-state index in [1.807, 2.05) is 67.6 Å². The van der Waals surface area contributed by atoms with Gasteiger partial charge in [-0.2, -0.15) is 0 Å². The first-order valence-corrected chi connectivity index (χ1v) is 15.8. The highest BCUT2D eigenvalue weighted by Crippen LogP contribution is 2.60. The van der Waals surface area contributed by atoms with Gasteiger partial charge in [0.15, 0.2) is 0 Å². The second-order valence-corrected chi connectivity index (χ2v) is 12.3. The number of rotatable bonds is 14. The number of aliphatic hydroxyl groups excluding tert-OH is 1. The molecule has 1 N–H and O–H groups in total. The normalized spacial score (nSPS) is 26.6. The minimum atomic E-state index is -1.17. The number of ether oxygens (including phenoxy) is 1. The lowest BCUT2D eigenvalue weighted by Crippen LogP contribution is -2.58. The van der Waals surface area contributed by atoms with E-state index in [2.05, 4.69) is 20.1 Å². The van der Waals surface area contributed by atoms with Crippen molar-refractivity contribution in [3.63, 3.8) is 0 Å². The quantitative estimate of drug-likeness (QED) is 0.323. The van der Waals surface area contributed by atoms with Crippen LogP contribution >= 0.6 is 0 Å². The summed E-state index contributed by atoms with van der Waals surface area (Å²) in [7, 11) is 0. The van der Waals surface area contributed by atoms with E-state index in [1.165, 1.54) is 0 Å². The van der Waals surface area contributed by atoms with Gasteiger partial charge in [0.05, 0.1) is 30.6 Å². The third-order valence-corrected chi connectivity index (χ3v) is 9.67. The number of likely N-dealkylation sites (tertiary alicyclic amines) is 1. The molecule has 0 aromatic heterocycles. The maximum atomic E-state index is 14.8. The molecule has 3 aliphatic rings. The molecule has 3 amide bonds. The van der Waals surface area contributed by atoms with E-state index in [-0.39, 0.29) is 30.4 Å². The molecule has 3 unspecified atom stereocenters. The Balaban J connectivity index is 1.58. The molecule has 7 atom stereocenters. The Morgan fingerprint density at radius 3 is 2.34 bits per heavy atom. The SMILES string of the molecule is C=CCN(Cc1ccccc1)C(=O)[C@@H]1[C@@H]2CCC3(O2)C(C(=O)N(CC=C)C(C)CCC)N([C@H](CO)c2ccccc2)C(=O)[C@H]13. The predicted octanol–water partition coefficient (Wildman–Crippen LogP) is 4.51. The molecule has 3 fully saturated rings. The lowest BCUT2D eigenvalue weighted by molar-refractivity contribution is -0.153. The van der Waals surface area contributed by atoms with Crippen molar-refractivity contribution in [2.75, 3.05) is 19.7 Å². The van der Waals surface area contributed by atoms with Gasteiger partial charge in [-0.1, -0.05) is 86.2 Å². The minimum Gasteiger partial charge on any atom is -0.394 e. The summed E-state index contributed by atoms with van der Waals surface area (Å²) in [4.78, 5) is 49.0. The zero-order valence-electron chi connectivity index (χ0n) is 25.9. The molecule has 3 heterocycles. The van der Waals surface area contributed by atoms with Gasteiger partial charge in [0.25, 0.3) is 0 Å². The van der Waals surface area contributed by atoms with E-state index in [0.29, 0.717) is 32.5 Å². The van der Waals surface area contributed by atoms with E-state index >= 15 is 0 Å². The number of amides is 3. The highest BCUT2D eigenvalue weighted by atomic mass is 16.5. The van der Waals surface area contributed by atoms with Gasteiger partial charge in [0, 0.05) is 25.7 Å². The maximum absolute atomic E-state index is 14.8. The molecular formula is C36H45N3O5. The zero-order chi connectivity index (χ0) is 31.4. The highest BCUT2D eigenvalue weighted by Gasteiger charge is 2.75. The molecule has 2 bridgehead atoms. The van der Waals surface area contributed by atoms with Gasteiger partial charge in [-0.15, -0.1) is 13.2 Å². The molecule has 234 valence electrons. The smallest absolute Gasteiger partial charge is 0.248 e. The van der Waals surface area contributed by atoms with Gasteiger partial charge in [-0.25, -0.2) is 0 Å². The molecule has 0 saturated carbocycles. The summed E-state index contributed by atoms with van der Waals surface area (Å²) in [6.45, 7) is 12.5. The topological polar surface area (TPSA) is 90.4 Å². The van der Waals surface area contributed by atoms with Gasteiger partial charge in [-0.3, -0.25) is 14.4 Å². The Labute approximate surface area is 261 Å². The number of fused-ring (bicyclic) bond motifs is 1. The molecule has 0 radical (unpaired) electrons. The van der Waals surface area contributed by atoms with E-state index in [4.69, 9.17) is 4.74 Å². The van der Waals surface area contributed by atoms with E-state index in [9.17, 15) is 19.5 Å². The summed E-state index contributed by atoms with van der Waals surface area (Å²) < 4.78 is 6.74. The molecular weight excluding hydrogens is 554 g/mol. The summed E-state index contributed by atoms with van der Waals surface area (Å²) in [5.41, 5.74) is 0.534. The first-order chi connectivity index (χ1) is 21.3. The molecule has 2 aromatic rings. The maximum Gasteiger partial charge on any atom is 0.248 e. The predicted molar refractivity (Wildman–Crippen MR) is 169 cm³/mol. The summed E-state index contributed by atoms with van der Waals surface area (Å²) in [6, 6.07) is 17.2. The molecule has 8 heteroatoms. The fourth-order valence-electron chi connectivity index (χ4n) is 7.78. The Bertz CT molecular complexity index is 1350. The summed E-state index contributed by atoms with van der Waals surface area (Å²) in [5.74, 6) is -2.29. The average molecular weight is 600 g/mol. The van der Waals surface area contributed by atoms with Gasteiger partial charge >= 0.3 is 0 Å². The van der Waals surface area contributed by atoms with Crippen molar-refractivity contribution < 1.29 is 24.2 Å². The van der Waals surface area contributed by atoms with Gasteiger partial charge in [0.2, 0.25) is 17.7 Å². The third kappa shape index (κ3) is 5.50. The molecule has 8 nitrogen and oxygen atoms in total. The van der Waals surface area contributed by atoms with Crippen LogP contribution in [0.1, 0.15) is 56.7 Å². The summed E-state index contributed by atoms with van der Waals surface area (Å²) >= 11 is 0. The lowest BCUT2D eigenvalue weighted by Gasteiger charge is -2.41. The number of carbonyl (C=O) groups excluding carboxylic acids is 3. The van der Waals surface area contributed by atoms with Crippen molar-refractivity contribution in [3.8, 4) is 0 Å². The number of aliphatic hydroxyl groups is 1. The Kier molecular flexibility index (Phi) is 9.71. The summed E-state index contributed by atoms with van der Waals surface area (Å²) in [6.07, 6.45) is 5.67. The van der Waals surface area contributed by atoms with E-state index in [0.717, 1.165) is 24.0 Å². The second kappa shape index (κ2) is 13.5. The summed E-state index contributed by atoms with van der Waals surface area (Å²) in [5, 5.41) is 10.8. The fraction of sp³-hybridized carbons (Fsp3) is 0.472. The zero-order valence-corrected chi connectivity index (χ0v) is 25.9. The number of nitrogens with zero attached hydrogens (tertiary/aromatic N) is 3. The van der Waals surface area contributed by atoms with E-state index in [1.54, 1.807) is 26.9 Å². The first kappa shape index (κ1) is 31.7. The van der Waals surface area contributed by atoms with Crippen molar-refractivity contribution in [2.45, 2.75) is 75.9 Å². The highest BCUT2D eigenvalue weighted by molar-refractivity contribution is 5.99. The monoisotopic (exact) mass is 599 g/mol. The van der Waals surface area contributed by atoms with Crippen LogP contribution in [0.3, 0.4) is 0 Å². The lowest BCUT2D eigenvalue weighted by atomic mass is 9.70. The number of hydrogen-bond acceptors (Lipinski definition) is 5. The number of carbonyl (C=O) groups is 3. The van der Waals surface area contributed by atoms with Gasteiger partial charge in [0.1, 0.15) is 11.6 Å². The van der Waals surface area contributed by atoms with Crippen molar-refractivity contribution in [3.05, 3.63) is 97.1 Å². The third-order valence-electron chi connectivity index (χ3n) is 9.67. The van der Waals surface area contributed by atoms with Crippen LogP contribution in [0.15, 0.2) is 86.0 Å². The van der Waals surface area contributed by atoms with Crippen LogP contribution in [0.2, 0.25) is 0 Å². The standard InChI is InChI=1S/C36H45N3O5/c1-5-14-25(4)38(22-7-3)35(43)32-36-20-19-29(44-36)30(33(41)37(21-6-2)23-26-15-10-8-11-16-26)31(36)34(42)39(32)28(24-40)27-17-12-9-13-18-27/h6-13,15-18,25,28-32,40H,2-3,5,14,19-24H2,1,4H3/t25?,28-,29+,30-,31+,32?,36?/m1/s1. The van der Waals surface area contributed by atoms with E-state index < -0.39 is 35.6 Å². The molecule has 5 rings (SSSR count). The van der Waals surface area contributed by atoms with Gasteiger partial charge < -0.3 is 24.5 Å². The Morgan fingerprint density at radius 1 is 1.07 bits per heavy atom. The second-order valence-electron chi connectivity index (χ2n) is 12.3. The van der Waals surface area contributed by atoms with Crippen LogP contribution in [0.5, 0.6) is 0 Å². The molecule has 3 aliphatic heterocycles. The Hall–Kier alpha value is -3.75. The largest absolute Gasteiger partial charge is 0.394 e. The molecule has 2 aromatic carbocycles. The minimum absolute atomic E-state index is 0.0906. The number of hydrogen-bond donors (Lipinski definition) is 1. The van der Waals surface area contributed by atoms with Crippen molar-refractivity contribution >= 4 is 17.7 Å². The van der Waals surface area contributed by atoms with Crippen molar-refractivity contribution in [2.24, 2.45) is 11.8 Å². The first-order valence-electron chi connectivity index (χ1n) is 15.8. The van der Waals surface area contributed by atoms with Crippen molar-refractivity contribution in [1.29, 1.82) is 0 Å². The van der Waals surface area contributed by atoms with Crippen LogP contribution in [0.4, 0.5) is 0 Å². The van der Waals surface area contributed by atoms with Gasteiger partial charge in [-0.05, 0) is 37.3 Å². The van der Waals surface area contributed by atoms with Crippen LogP contribution in [0, 0.1) is 11.8 Å². The van der Waals surface area contributed by atoms with Crippen molar-refractivity contribution in [1.82, 2.24) is 14.7 Å². The van der Waals surface area contributed by atoms with Crippen LogP contribution < -0.4 is 0 Å². The fourth-order valence-corrected chi connectivity index (χ4v) is 7.78. The van der Waals surface area contributed by atoms with Crippen LogP contribution in [-0.2, 0) is 25.7 Å². The Morgan fingerprint density at radius 2 is 1.73 bits per heavy atom.